The summed E-state index contributed by atoms with van der Waals surface area (Å²) in [6.45, 7) is 2.08. The summed E-state index contributed by atoms with van der Waals surface area (Å²) in [5, 5.41) is 9.26. The van der Waals surface area contributed by atoms with Gasteiger partial charge in [0.2, 0.25) is 0 Å². The summed E-state index contributed by atoms with van der Waals surface area (Å²) >= 11 is 0. The van der Waals surface area contributed by atoms with E-state index in [0.29, 0.717) is 0 Å². The van der Waals surface area contributed by atoms with E-state index in [2.05, 4.69) is 31.2 Å². The first-order valence-corrected chi connectivity index (χ1v) is 5.79. The molecule has 0 saturated heterocycles. The Hall–Kier alpha value is -2.07. The predicted octanol–water partition coefficient (Wildman–Crippen LogP) is 3.84. The van der Waals surface area contributed by atoms with Gasteiger partial charge < -0.3 is 0 Å². The van der Waals surface area contributed by atoms with Gasteiger partial charge in [-0.15, -0.1) is 0 Å². The Balaban J connectivity index is 2.20. The largest absolute Gasteiger partial charge is 0.198 e. The lowest BCUT2D eigenvalue weighted by molar-refractivity contribution is 0.848. The van der Waals surface area contributed by atoms with Crippen molar-refractivity contribution in [3.05, 3.63) is 71.3 Å². The van der Waals surface area contributed by atoms with Crippen LogP contribution >= 0.6 is 0 Å². The number of rotatable bonds is 3. The monoisotopic (exact) mass is 221 g/mol. The van der Waals surface area contributed by atoms with Crippen molar-refractivity contribution in [2.75, 3.05) is 0 Å². The molecule has 0 heterocycles. The molecule has 2 aromatic rings. The topological polar surface area (TPSA) is 23.8 Å². The number of hydrogen-bond donors (Lipinski definition) is 0. The number of aryl methyl sites for hydroxylation is 1. The van der Waals surface area contributed by atoms with Crippen LogP contribution in [0.4, 0.5) is 0 Å². The lowest BCUT2D eigenvalue weighted by atomic mass is 9.93. The van der Waals surface area contributed by atoms with Crippen molar-refractivity contribution in [2.45, 2.75) is 19.3 Å². The average Bonchev–Trinajstić information content (AvgIpc) is 2.37. The van der Waals surface area contributed by atoms with E-state index in [1.807, 2.05) is 36.4 Å². The van der Waals surface area contributed by atoms with E-state index in [-0.39, 0.29) is 5.92 Å². The minimum absolute atomic E-state index is 0.0574. The summed E-state index contributed by atoms with van der Waals surface area (Å²) in [7, 11) is 0. The second kappa shape index (κ2) is 5.32. The number of benzene rings is 2. The maximum Gasteiger partial charge on any atom is 0.0753 e. The van der Waals surface area contributed by atoms with Crippen LogP contribution in [0.5, 0.6) is 0 Å². The van der Waals surface area contributed by atoms with Crippen molar-refractivity contribution in [2.24, 2.45) is 0 Å². The number of nitriles is 1. The standard InChI is InChI=1S/C16H15N/c1-13-6-5-7-14(10-13)11-16(12-17)15-8-3-2-4-9-15/h2-10,16H,11H2,1H3. The normalized spacial score (nSPS) is 11.8. The highest BCUT2D eigenvalue weighted by Gasteiger charge is 2.10. The summed E-state index contributed by atoms with van der Waals surface area (Å²) in [4.78, 5) is 0. The molecule has 84 valence electrons. The molecule has 0 bridgehead atoms. The second-order valence-electron chi connectivity index (χ2n) is 4.29. The van der Waals surface area contributed by atoms with E-state index in [0.717, 1.165) is 12.0 Å². The molecular weight excluding hydrogens is 206 g/mol. The van der Waals surface area contributed by atoms with Crippen LogP contribution in [-0.4, -0.2) is 0 Å². The van der Waals surface area contributed by atoms with E-state index in [1.165, 1.54) is 11.1 Å². The molecule has 1 nitrogen and oxygen atoms in total. The van der Waals surface area contributed by atoms with Crippen molar-refractivity contribution in [1.82, 2.24) is 0 Å². The van der Waals surface area contributed by atoms with E-state index < -0.39 is 0 Å². The molecule has 0 spiro atoms. The maximum atomic E-state index is 9.26. The van der Waals surface area contributed by atoms with Gasteiger partial charge >= 0.3 is 0 Å². The summed E-state index contributed by atoms with van der Waals surface area (Å²) in [5.74, 6) is -0.0574. The van der Waals surface area contributed by atoms with Gasteiger partial charge in [-0.25, -0.2) is 0 Å². The van der Waals surface area contributed by atoms with Crippen molar-refractivity contribution < 1.29 is 0 Å². The third-order valence-electron chi connectivity index (χ3n) is 2.88. The number of nitrogens with zero attached hydrogens (tertiary/aromatic N) is 1. The molecule has 0 amide bonds. The van der Waals surface area contributed by atoms with Crippen LogP contribution in [0.3, 0.4) is 0 Å². The molecule has 1 unspecified atom stereocenters. The second-order valence-corrected chi connectivity index (χ2v) is 4.29. The maximum absolute atomic E-state index is 9.26. The minimum Gasteiger partial charge on any atom is -0.198 e. The number of hydrogen-bond acceptors (Lipinski definition) is 1. The Morgan fingerprint density at radius 3 is 2.47 bits per heavy atom. The van der Waals surface area contributed by atoms with Crippen molar-refractivity contribution in [3.63, 3.8) is 0 Å². The van der Waals surface area contributed by atoms with Gasteiger partial charge in [-0.3, -0.25) is 0 Å². The highest BCUT2D eigenvalue weighted by molar-refractivity contribution is 5.30. The Labute approximate surface area is 102 Å². The van der Waals surface area contributed by atoms with Gasteiger partial charge in [0.05, 0.1) is 12.0 Å². The third-order valence-corrected chi connectivity index (χ3v) is 2.88. The van der Waals surface area contributed by atoms with Crippen molar-refractivity contribution in [1.29, 1.82) is 5.26 Å². The summed E-state index contributed by atoms with van der Waals surface area (Å²) in [5.41, 5.74) is 3.56. The van der Waals surface area contributed by atoms with Crippen molar-refractivity contribution >= 4 is 0 Å². The first-order chi connectivity index (χ1) is 8.29. The lowest BCUT2D eigenvalue weighted by Crippen LogP contribution is -2.00. The van der Waals surface area contributed by atoms with Crippen LogP contribution in [0.2, 0.25) is 0 Å². The van der Waals surface area contributed by atoms with Crippen molar-refractivity contribution in [3.8, 4) is 6.07 Å². The fourth-order valence-electron chi connectivity index (χ4n) is 2.00. The van der Waals surface area contributed by atoms with Gasteiger partial charge in [0, 0.05) is 0 Å². The Morgan fingerprint density at radius 1 is 1.06 bits per heavy atom. The molecule has 0 fully saturated rings. The van der Waals surface area contributed by atoms with Crippen LogP contribution in [0.25, 0.3) is 0 Å². The van der Waals surface area contributed by atoms with Gasteiger partial charge in [-0.2, -0.15) is 5.26 Å². The first kappa shape index (κ1) is 11.4. The van der Waals surface area contributed by atoms with Gasteiger partial charge in [0.1, 0.15) is 0 Å². The highest BCUT2D eigenvalue weighted by Crippen LogP contribution is 2.20. The zero-order chi connectivity index (χ0) is 12.1. The van der Waals surface area contributed by atoms with Crippen LogP contribution in [0, 0.1) is 18.3 Å². The molecule has 0 aliphatic rings. The third kappa shape index (κ3) is 2.95. The molecule has 0 aliphatic carbocycles. The Kier molecular flexibility index (Phi) is 3.57. The van der Waals surface area contributed by atoms with E-state index in [9.17, 15) is 5.26 Å². The zero-order valence-electron chi connectivity index (χ0n) is 9.93. The molecule has 0 radical (unpaired) electrons. The van der Waals surface area contributed by atoms with Gasteiger partial charge in [-0.05, 0) is 24.5 Å². The average molecular weight is 221 g/mol. The fraction of sp³-hybridized carbons (Fsp3) is 0.188. The minimum atomic E-state index is -0.0574. The molecule has 0 aromatic heterocycles. The van der Waals surface area contributed by atoms with Crippen LogP contribution in [-0.2, 0) is 6.42 Å². The zero-order valence-corrected chi connectivity index (χ0v) is 9.93. The smallest absolute Gasteiger partial charge is 0.0753 e. The molecule has 0 saturated carbocycles. The van der Waals surface area contributed by atoms with E-state index in [1.54, 1.807) is 0 Å². The Morgan fingerprint density at radius 2 is 1.82 bits per heavy atom. The molecular formula is C16H15N. The van der Waals surface area contributed by atoms with Gasteiger partial charge in [-0.1, -0.05) is 60.2 Å². The highest BCUT2D eigenvalue weighted by atomic mass is 14.3. The van der Waals surface area contributed by atoms with E-state index >= 15 is 0 Å². The first-order valence-electron chi connectivity index (χ1n) is 5.79. The molecule has 1 atom stereocenters. The molecule has 2 rings (SSSR count). The van der Waals surface area contributed by atoms with E-state index in [4.69, 9.17) is 0 Å². The lowest BCUT2D eigenvalue weighted by Gasteiger charge is -2.09. The van der Waals surface area contributed by atoms with Crippen LogP contribution in [0.1, 0.15) is 22.6 Å². The Bertz CT molecular complexity index is 523. The fourth-order valence-corrected chi connectivity index (χ4v) is 2.00. The van der Waals surface area contributed by atoms with Crippen LogP contribution < -0.4 is 0 Å². The van der Waals surface area contributed by atoms with Gasteiger partial charge in [0.15, 0.2) is 0 Å². The SMILES string of the molecule is Cc1cccc(CC(C#N)c2ccccc2)c1. The van der Waals surface area contributed by atoms with Crippen LogP contribution in [0.15, 0.2) is 54.6 Å². The molecule has 0 aliphatic heterocycles. The molecule has 1 heteroatoms. The quantitative estimate of drug-likeness (QED) is 0.772. The molecule has 0 N–H and O–H groups in total. The molecule has 17 heavy (non-hydrogen) atoms. The molecule has 2 aromatic carbocycles. The predicted molar refractivity (Wildman–Crippen MR) is 69.7 cm³/mol. The summed E-state index contributed by atoms with van der Waals surface area (Å²) in [6.07, 6.45) is 0.780. The van der Waals surface area contributed by atoms with Gasteiger partial charge in [0.25, 0.3) is 0 Å². The summed E-state index contributed by atoms with van der Waals surface area (Å²) in [6, 6.07) is 20.7. The summed E-state index contributed by atoms with van der Waals surface area (Å²) < 4.78 is 0.